The van der Waals surface area contributed by atoms with Gasteiger partial charge < -0.3 is 9.88 Å². The molecule has 0 spiro atoms. The first-order valence-corrected chi connectivity index (χ1v) is 11.7. The lowest BCUT2D eigenvalue weighted by Crippen LogP contribution is -2.50. The number of halogens is 2. The highest BCUT2D eigenvalue weighted by Gasteiger charge is 2.28. The van der Waals surface area contributed by atoms with Crippen LogP contribution < -0.4 is 0 Å². The molecule has 1 N–H and O–H groups in total. The van der Waals surface area contributed by atoms with Crippen molar-refractivity contribution in [2.24, 2.45) is 5.92 Å². The predicted octanol–water partition coefficient (Wildman–Crippen LogP) is 4.21. The summed E-state index contributed by atoms with van der Waals surface area (Å²) in [7, 11) is 2.18. The topological polar surface area (TPSA) is 53.0 Å². The van der Waals surface area contributed by atoms with Crippen molar-refractivity contribution in [3.05, 3.63) is 82.8 Å². The lowest BCUT2D eigenvalue weighted by Gasteiger charge is -2.41. The number of benzene rings is 2. The summed E-state index contributed by atoms with van der Waals surface area (Å²) in [5, 5.41) is 5.99. The van der Waals surface area contributed by atoms with Crippen molar-refractivity contribution in [2.75, 3.05) is 33.2 Å². The Bertz CT molecular complexity index is 1190. The minimum Gasteiger partial charge on any atom is -0.361 e. The third-order valence-electron chi connectivity index (χ3n) is 6.45. The van der Waals surface area contributed by atoms with Crippen LogP contribution in [0.3, 0.4) is 0 Å². The van der Waals surface area contributed by atoms with Crippen LogP contribution in [0.5, 0.6) is 0 Å². The van der Waals surface area contributed by atoms with E-state index >= 15 is 0 Å². The molecule has 0 bridgehead atoms. The van der Waals surface area contributed by atoms with Crippen LogP contribution in [0.25, 0.3) is 10.9 Å². The van der Waals surface area contributed by atoms with Crippen molar-refractivity contribution in [1.29, 1.82) is 0 Å². The Hall–Kier alpha value is -2.74. The Morgan fingerprint density at radius 3 is 2.88 bits per heavy atom. The van der Waals surface area contributed by atoms with Crippen LogP contribution in [0.15, 0.2) is 55.2 Å². The Morgan fingerprint density at radius 2 is 2.09 bits per heavy atom. The fraction of sp³-hybridized carbons (Fsp3) is 0.360. The number of nitrogens with one attached hydrogen (secondary N) is 1. The molecular weight excluding hydrogens is 439 g/mol. The third kappa shape index (κ3) is 5.11. The fourth-order valence-corrected chi connectivity index (χ4v) is 4.93. The van der Waals surface area contributed by atoms with Crippen molar-refractivity contribution < 1.29 is 4.39 Å². The summed E-state index contributed by atoms with van der Waals surface area (Å²) in [5.74, 6) is 0.393. The summed E-state index contributed by atoms with van der Waals surface area (Å²) in [6.45, 7) is 5.30. The normalized spacial score (nSPS) is 14.9. The molecule has 0 amide bonds. The molecule has 33 heavy (non-hydrogen) atoms. The van der Waals surface area contributed by atoms with Gasteiger partial charge in [0.25, 0.3) is 0 Å². The van der Waals surface area contributed by atoms with E-state index < -0.39 is 0 Å². The van der Waals surface area contributed by atoms with Crippen molar-refractivity contribution in [3.8, 4) is 0 Å². The maximum absolute atomic E-state index is 14.0. The molecule has 0 radical (unpaired) electrons. The Labute approximate surface area is 198 Å². The number of fused-ring (bicyclic) bond motifs is 1. The number of rotatable bonds is 9. The molecule has 3 heterocycles. The molecule has 0 atom stereocenters. The number of hydrogen-bond acceptors (Lipinski definition) is 4. The second kappa shape index (κ2) is 9.63. The van der Waals surface area contributed by atoms with Crippen LogP contribution in [-0.4, -0.2) is 62.8 Å². The van der Waals surface area contributed by atoms with Crippen LogP contribution in [0.1, 0.15) is 16.7 Å². The van der Waals surface area contributed by atoms with E-state index in [0.29, 0.717) is 23.0 Å². The van der Waals surface area contributed by atoms with Gasteiger partial charge in [-0.05, 0) is 54.8 Å². The molecule has 0 unspecified atom stereocenters. The Balaban J connectivity index is 1.11. The van der Waals surface area contributed by atoms with E-state index in [0.717, 1.165) is 44.7 Å². The standard InChI is InChI=1S/C25H28ClFN6/c1-31(11-19-12-32(13-19)15-22-23(26)3-2-4-24(22)27)8-7-20-10-29-25-6-5-18(9-21(20)25)14-33-17-28-16-30-33/h2-6,9-10,16-17,19,29H,7-8,11-15H2,1H3. The van der Waals surface area contributed by atoms with Gasteiger partial charge in [-0.3, -0.25) is 4.90 Å². The van der Waals surface area contributed by atoms with Gasteiger partial charge in [0.2, 0.25) is 0 Å². The van der Waals surface area contributed by atoms with E-state index in [1.54, 1.807) is 24.8 Å². The third-order valence-corrected chi connectivity index (χ3v) is 6.81. The molecule has 0 aliphatic carbocycles. The number of nitrogens with zero attached hydrogens (tertiary/aromatic N) is 5. The highest BCUT2D eigenvalue weighted by Crippen LogP contribution is 2.26. The zero-order valence-corrected chi connectivity index (χ0v) is 19.5. The van der Waals surface area contributed by atoms with Gasteiger partial charge in [0.05, 0.1) is 6.54 Å². The molecule has 4 aromatic rings. The Kier molecular flexibility index (Phi) is 6.44. The van der Waals surface area contributed by atoms with Crippen LogP contribution in [0.2, 0.25) is 5.02 Å². The van der Waals surface area contributed by atoms with E-state index in [1.807, 2.05) is 4.68 Å². The molecule has 0 saturated carbocycles. The van der Waals surface area contributed by atoms with Gasteiger partial charge in [0.1, 0.15) is 18.5 Å². The first-order valence-electron chi connectivity index (χ1n) is 11.3. The number of hydrogen-bond donors (Lipinski definition) is 1. The number of H-pyrrole nitrogens is 1. The molecule has 1 aliphatic rings. The smallest absolute Gasteiger partial charge is 0.137 e. The summed E-state index contributed by atoms with van der Waals surface area (Å²) in [6.07, 6.45) is 6.42. The minimum atomic E-state index is -0.216. The van der Waals surface area contributed by atoms with Gasteiger partial charge in [0.15, 0.2) is 0 Å². The van der Waals surface area contributed by atoms with Crippen LogP contribution in [0.4, 0.5) is 4.39 Å². The second-order valence-electron chi connectivity index (χ2n) is 9.06. The predicted molar refractivity (Wildman–Crippen MR) is 129 cm³/mol. The average Bonchev–Trinajstić information content (AvgIpc) is 3.42. The highest BCUT2D eigenvalue weighted by atomic mass is 35.5. The van der Waals surface area contributed by atoms with Gasteiger partial charge in [-0.25, -0.2) is 14.1 Å². The summed E-state index contributed by atoms with van der Waals surface area (Å²) in [6, 6.07) is 11.4. The van der Waals surface area contributed by atoms with E-state index in [4.69, 9.17) is 11.6 Å². The molecule has 6 nitrogen and oxygen atoms in total. The highest BCUT2D eigenvalue weighted by molar-refractivity contribution is 6.31. The molecule has 1 fully saturated rings. The molecule has 2 aromatic heterocycles. The number of likely N-dealkylation sites (N-methyl/N-ethyl adjacent to an activating group) is 1. The molecule has 1 aliphatic heterocycles. The van der Waals surface area contributed by atoms with E-state index in [9.17, 15) is 4.39 Å². The molecule has 2 aromatic carbocycles. The van der Waals surface area contributed by atoms with Gasteiger partial charge in [-0.15, -0.1) is 0 Å². The second-order valence-corrected chi connectivity index (χ2v) is 9.47. The van der Waals surface area contributed by atoms with Crippen LogP contribution >= 0.6 is 11.6 Å². The van der Waals surface area contributed by atoms with Crippen molar-refractivity contribution >= 4 is 22.5 Å². The molecule has 8 heteroatoms. The summed E-state index contributed by atoms with van der Waals surface area (Å²) in [4.78, 5) is 12.1. The maximum Gasteiger partial charge on any atom is 0.137 e. The van der Waals surface area contributed by atoms with Gasteiger partial charge >= 0.3 is 0 Å². The van der Waals surface area contributed by atoms with Crippen LogP contribution in [-0.2, 0) is 19.5 Å². The van der Waals surface area contributed by atoms with Crippen LogP contribution in [0, 0.1) is 11.7 Å². The van der Waals surface area contributed by atoms with Gasteiger partial charge in [0, 0.05) is 60.4 Å². The fourth-order valence-electron chi connectivity index (χ4n) is 4.70. The Morgan fingerprint density at radius 1 is 1.21 bits per heavy atom. The van der Waals surface area contributed by atoms with E-state index in [2.05, 4.69) is 56.3 Å². The summed E-state index contributed by atoms with van der Waals surface area (Å²) >= 11 is 6.17. The maximum atomic E-state index is 14.0. The number of aromatic amines is 1. The summed E-state index contributed by atoms with van der Waals surface area (Å²) < 4.78 is 15.9. The molecule has 172 valence electrons. The van der Waals surface area contributed by atoms with Crippen molar-refractivity contribution in [1.82, 2.24) is 29.5 Å². The lowest BCUT2D eigenvalue weighted by molar-refractivity contribution is 0.0668. The zero-order valence-electron chi connectivity index (χ0n) is 18.7. The largest absolute Gasteiger partial charge is 0.361 e. The molecule has 1 saturated heterocycles. The summed E-state index contributed by atoms with van der Waals surface area (Å²) in [5.41, 5.74) is 4.32. The quantitative estimate of drug-likeness (QED) is 0.401. The minimum absolute atomic E-state index is 0.216. The first-order chi connectivity index (χ1) is 16.0. The SMILES string of the molecule is CN(CCc1c[nH]c2ccc(Cn3cncn3)cc12)CC1CN(Cc2c(F)cccc2Cl)C1. The number of likely N-dealkylation sites (tertiary alicyclic amines) is 1. The van der Waals surface area contributed by atoms with Crippen molar-refractivity contribution in [2.45, 2.75) is 19.5 Å². The zero-order chi connectivity index (χ0) is 22.8. The van der Waals surface area contributed by atoms with E-state index in [1.165, 1.54) is 22.6 Å². The molecular formula is C25H28ClFN6. The van der Waals surface area contributed by atoms with Gasteiger partial charge in [-0.1, -0.05) is 23.7 Å². The van der Waals surface area contributed by atoms with E-state index in [-0.39, 0.29) is 5.82 Å². The average molecular weight is 467 g/mol. The van der Waals surface area contributed by atoms with Gasteiger partial charge in [-0.2, -0.15) is 5.10 Å². The monoisotopic (exact) mass is 466 g/mol. The first kappa shape index (κ1) is 22.1. The lowest BCUT2D eigenvalue weighted by atomic mass is 9.98. The van der Waals surface area contributed by atoms with Crippen molar-refractivity contribution in [3.63, 3.8) is 0 Å². The number of aromatic nitrogens is 4. The molecule has 5 rings (SSSR count).